The minimum Gasteiger partial charge on any atom is -0.316 e. The lowest BCUT2D eigenvalue weighted by Crippen LogP contribution is -2.04. The molecule has 0 fully saturated rings. The van der Waals surface area contributed by atoms with Crippen molar-refractivity contribution in [1.82, 2.24) is 15.1 Å². The first kappa shape index (κ1) is 15.1. The maximum Gasteiger partial charge on any atom is 0.0625 e. The normalized spacial score (nSPS) is 10.9. The molecule has 0 aliphatic rings. The number of hydrogen-bond donors (Lipinski definition) is 1. The fourth-order valence-corrected chi connectivity index (χ4v) is 3.02. The highest BCUT2D eigenvalue weighted by Crippen LogP contribution is 2.23. The number of aromatic nitrogens is 2. The molecule has 0 spiro atoms. The summed E-state index contributed by atoms with van der Waals surface area (Å²) in [7, 11) is 1.97. The number of hydrogen-bond acceptors (Lipinski definition) is 3. The van der Waals surface area contributed by atoms with Gasteiger partial charge in [0.05, 0.1) is 5.69 Å². The van der Waals surface area contributed by atoms with Gasteiger partial charge in [-0.2, -0.15) is 5.10 Å². The van der Waals surface area contributed by atoms with Crippen LogP contribution in [0.15, 0.2) is 35.2 Å². The second kappa shape index (κ2) is 7.50. The summed E-state index contributed by atoms with van der Waals surface area (Å²) in [4.78, 5) is 1.31. The predicted octanol–water partition coefficient (Wildman–Crippen LogP) is 3.48. The molecule has 3 nitrogen and oxygen atoms in total. The van der Waals surface area contributed by atoms with E-state index in [4.69, 9.17) is 0 Å². The first-order valence-electron chi connectivity index (χ1n) is 7.18. The molecule has 0 aliphatic carbocycles. The van der Waals surface area contributed by atoms with E-state index in [-0.39, 0.29) is 0 Å². The molecule has 0 aliphatic heterocycles. The SMILES string of the molecule is CCc1cc(CSc2ccc(CNC)cc2)n(CC)n1. The smallest absolute Gasteiger partial charge is 0.0625 e. The molecule has 0 bridgehead atoms. The zero-order valence-electron chi connectivity index (χ0n) is 12.5. The monoisotopic (exact) mass is 289 g/mol. The third-order valence-electron chi connectivity index (χ3n) is 3.27. The highest BCUT2D eigenvalue weighted by molar-refractivity contribution is 7.98. The van der Waals surface area contributed by atoms with Crippen LogP contribution in [0.3, 0.4) is 0 Å². The lowest BCUT2D eigenvalue weighted by atomic mass is 10.2. The topological polar surface area (TPSA) is 29.9 Å². The lowest BCUT2D eigenvalue weighted by molar-refractivity contribution is 0.628. The third kappa shape index (κ3) is 3.87. The van der Waals surface area contributed by atoms with E-state index < -0.39 is 0 Å². The number of rotatable bonds is 7. The van der Waals surface area contributed by atoms with Crippen LogP contribution in [-0.2, 0) is 25.3 Å². The number of aryl methyl sites for hydroxylation is 2. The molecule has 1 aromatic carbocycles. The fraction of sp³-hybridized carbons (Fsp3) is 0.438. The maximum absolute atomic E-state index is 4.59. The Balaban J connectivity index is 1.99. The van der Waals surface area contributed by atoms with Crippen molar-refractivity contribution >= 4 is 11.8 Å². The maximum atomic E-state index is 4.59. The molecule has 20 heavy (non-hydrogen) atoms. The van der Waals surface area contributed by atoms with Crippen LogP contribution in [0.4, 0.5) is 0 Å². The van der Waals surface area contributed by atoms with Gasteiger partial charge in [0.2, 0.25) is 0 Å². The second-order valence-electron chi connectivity index (χ2n) is 4.76. The average Bonchev–Trinajstić information content (AvgIpc) is 2.89. The van der Waals surface area contributed by atoms with Crippen LogP contribution in [0.2, 0.25) is 0 Å². The Hall–Kier alpha value is -1.26. The molecule has 0 unspecified atom stereocenters. The minimum atomic E-state index is 0.924. The molecule has 1 heterocycles. The van der Waals surface area contributed by atoms with Gasteiger partial charge in [-0.15, -0.1) is 11.8 Å². The van der Waals surface area contributed by atoms with E-state index in [0.717, 1.165) is 25.3 Å². The molecule has 4 heteroatoms. The zero-order valence-corrected chi connectivity index (χ0v) is 13.3. The minimum absolute atomic E-state index is 0.924. The summed E-state index contributed by atoms with van der Waals surface area (Å²) in [6, 6.07) is 11.0. The second-order valence-corrected chi connectivity index (χ2v) is 5.81. The molecular weight excluding hydrogens is 266 g/mol. The van der Waals surface area contributed by atoms with Gasteiger partial charge in [0.25, 0.3) is 0 Å². The number of thioether (sulfide) groups is 1. The Kier molecular flexibility index (Phi) is 5.68. The van der Waals surface area contributed by atoms with Gasteiger partial charge in [-0.05, 0) is 44.2 Å². The molecule has 0 atom stereocenters. The van der Waals surface area contributed by atoms with E-state index in [2.05, 4.69) is 59.3 Å². The van der Waals surface area contributed by atoms with E-state index >= 15 is 0 Å². The Morgan fingerprint density at radius 3 is 2.55 bits per heavy atom. The van der Waals surface area contributed by atoms with Crippen molar-refractivity contribution in [2.24, 2.45) is 0 Å². The lowest BCUT2D eigenvalue weighted by Gasteiger charge is -2.05. The summed E-state index contributed by atoms with van der Waals surface area (Å²) in [6.07, 6.45) is 1.00. The van der Waals surface area contributed by atoms with Crippen molar-refractivity contribution in [1.29, 1.82) is 0 Å². The Morgan fingerprint density at radius 1 is 1.20 bits per heavy atom. The van der Waals surface area contributed by atoms with Crippen molar-refractivity contribution < 1.29 is 0 Å². The van der Waals surface area contributed by atoms with Crippen LogP contribution in [0.5, 0.6) is 0 Å². The summed E-state index contributed by atoms with van der Waals surface area (Å²) in [5.41, 5.74) is 3.82. The molecule has 1 N–H and O–H groups in total. The van der Waals surface area contributed by atoms with Gasteiger partial charge in [0, 0.05) is 29.4 Å². The van der Waals surface area contributed by atoms with Crippen LogP contribution in [0.1, 0.15) is 30.8 Å². The quantitative estimate of drug-likeness (QED) is 0.792. The molecule has 2 rings (SSSR count). The Labute approximate surface area is 125 Å². The summed E-state index contributed by atoms with van der Waals surface area (Å²) in [6.45, 7) is 6.16. The fourth-order valence-electron chi connectivity index (χ4n) is 2.14. The van der Waals surface area contributed by atoms with E-state index in [9.17, 15) is 0 Å². The van der Waals surface area contributed by atoms with Gasteiger partial charge in [0.15, 0.2) is 0 Å². The molecule has 2 aromatic rings. The highest BCUT2D eigenvalue weighted by atomic mass is 32.2. The number of nitrogens with zero attached hydrogens (tertiary/aromatic N) is 2. The van der Waals surface area contributed by atoms with Crippen molar-refractivity contribution in [3.8, 4) is 0 Å². The van der Waals surface area contributed by atoms with Crippen molar-refractivity contribution in [3.63, 3.8) is 0 Å². The summed E-state index contributed by atoms with van der Waals surface area (Å²) < 4.78 is 2.11. The third-order valence-corrected chi connectivity index (χ3v) is 4.31. The first-order chi connectivity index (χ1) is 9.76. The summed E-state index contributed by atoms with van der Waals surface area (Å²) in [5, 5.41) is 7.76. The molecule has 0 saturated carbocycles. The molecule has 0 radical (unpaired) electrons. The van der Waals surface area contributed by atoms with E-state index in [1.165, 1.54) is 21.8 Å². The van der Waals surface area contributed by atoms with Crippen molar-refractivity contribution in [3.05, 3.63) is 47.3 Å². The highest BCUT2D eigenvalue weighted by Gasteiger charge is 2.06. The molecular formula is C16H23N3S. The van der Waals surface area contributed by atoms with Crippen molar-refractivity contribution in [2.45, 2.75) is 44.0 Å². The van der Waals surface area contributed by atoms with E-state index in [1.54, 1.807) is 0 Å². The van der Waals surface area contributed by atoms with Gasteiger partial charge in [-0.3, -0.25) is 4.68 Å². The zero-order chi connectivity index (χ0) is 14.4. The van der Waals surface area contributed by atoms with Crippen LogP contribution >= 0.6 is 11.8 Å². The van der Waals surface area contributed by atoms with Crippen LogP contribution in [-0.4, -0.2) is 16.8 Å². The van der Waals surface area contributed by atoms with E-state index in [0.29, 0.717) is 0 Å². The van der Waals surface area contributed by atoms with Gasteiger partial charge >= 0.3 is 0 Å². The molecule has 0 saturated heterocycles. The number of benzene rings is 1. The predicted molar refractivity (Wildman–Crippen MR) is 86.0 cm³/mol. The Morgan fingerprint density at radius 2 is 1.95 bits per heavy atom. The van der Waals surface area contributed by atoms with Gasteiger partial charge < -0.3 is 5.32 Å². The first-order valence-corrected chi connectivity index (χ1v) is 8.17. The van der Waals surface area contributed by atoms with Crippen LogP contribution < -0.4 is 5.32 Å². The number of nitrogens with one attached hydrogen (secondary N) is 1. The standard InChI is InChI=1S/C16H23N3S/c1-4-14-10-15(19(5-2)18-14)12-20-16-8-6-13(7-9-16)11-17-3/h6-10,17H,4-5,11-12H2,1-3H3. The summed E-state index contributed by atoms with van der Waals surface area (Å²) in [5.74, 6) is 0.978. The molecule has 108 valence electrons. The van der Waals surface area contributed by atoms with Crippen molar-refractivity contribution in [2.75, 3.05) is 7.05 Å². The van der Waals surface area contributed by atoms with Crippen LogP contribution in [0.25, 0.3) is 0 Å². The van der Waals surface area contributed by atoms with E-state index in [1.807, 2.05) is 18.8 Å². The Bertz CT molecular complexity index is 531. The average molecular weight is 289 g/mol. The van der Waals surface area contributed by atoms with Gasteiger partial charge in [-0.1, -0.05) is 19.1 Å². The summed E-state index contributed by atoms with van der Waals surface area (Å²) >= 11 is 1.87. The van der Waals surface area contributed by atoms with Gasteiger partial charge in [-0.25, -0.2) is 0 Å². The molecule has 1 aromatic heterocycles. The molecule has 0 amide bonds. The van der Waals surface area contributed by atoms with Gasteiger partial charge in [0.1, 0.15) is 0 Å². The largest absolute Gasteiger partial charge is 0.316 e. The van der Waals surface area contributed by atoms with Crippen LogP contribution in [0, 0.1) is 0 Å².